The SMILES string of the molecule is CC[C@@H](C(=O)NC1CCCC1)N(Cc1ccccc1C)C(=O)COc1ccc(Cl)cc1Cl. The van der Waals surface area contributed by atoms with E-state index in [4.69, 9.17) is 27.9 Å². The number of benzene rings is 2. The number of amides is 2. The fourth-order valence-corrected chi connectivity index (χ4v) is 4.54. The Balaban J connectivity index is 1.78. The Hall–Kier alpha value is -2.24. The van der Waals surface area contributed by atoms with Crippen molar-refractivity contribution in [3.63, 3.8) is 0 Å². The minimum atomic E-state index is -0.577. The van der Waals surface area contributed by atoms with Crippen LogP contribution in [0, 0.1) is 6.92 Å². The zero-order valence-corrected chi connectivity index (χ0v) is 20.1. The second-order valence-corrected chi connectivity index (χ2v) is 9.07. The highest BCUT2D eigenvalue weighted by Crippen LogP contribution is 2.28. The molecule has 0 unspecified atom stereocenters. The van der Waals surface area contributed by atoms with Gasteiger partial charge in [-0.3, -0.25) is 9.59 Å². The van der Waals surface area contributed by atoms with Crippen LogP contribution in [0.2, 0.25) is 10.0 Å². The summed E-state index contributed by atoms with van der Waals surface area (Å²) >= 11 is 12.1. The largest absolute Gasteiger partial charge is 0.482 e. The van der Waals surface area contributed by atoms with Crippen molar-refractivity contribution in [2.24, 2.45) is 0 Å². The molecule has 0 aromatic heterocycles. The molecule has 32 heavy (non-hydrogen) atoms. The zero-order chi connectivity index (χ0) is 23.1. The van der Waals surface area contributed by atoms with Crippen LogP contribution in [0.5, 0.6) is 5.75 Å². The summed E-state index contributed by atoms with van der Waals surface area (Å²) in [5.74, 6) is 0.00210. The molecule has 0 bridgehead atoms. The van der Waals surface area contributed by atoms with Crippen LogP contribution >= 0.6 is 23.2 Å². The summed E-state index contributed by atoms with van der Waals surface area (Å²) in [6.45, 7) is 4.04. The minimum absolute atomic E-state index is 0.106. The molecule has 2 aromatic rings. The van der Waals surface area contributed by atoms with E-state index in [9.17, 15) is 9.59 Å². The van der Waals surface area contributed by atoms with E-state index in [1.807, 2.05) is 38.1 Å². The Morgan fingerprint density at radius 1 is 1.16 bits per heavy atom. The van der Waals surface area contributed by atoms with Gasteiger partial charge in [0.1, 0.15) is 11.8 Å². The average Bonchev–Trinajstić information content (AvgIpc) is 3.27. The van der Waals surface area contributed by atoms with Crippen LogP contribution in [0.15, 0.2) is 42.5 Å². The standard InChI is InChI=1S/C25H30Cl2N2O3/c1-3-22(25(31)28-20-10-6-7-11-20)29(15-18-9-5-4-8-17(18)2)24(30)16-32-23-13-12-19(26)14-21(23)27/h4-5,8-9,12-14,20,22H,3,6-7,10-11,15-16H2,1-2H3,(H,28,31)/t22-/m0/s1. The predicted molar refractivity (Wildman–Crippen MR) is 128 cm³/mol. The lowest BCUT2D eigenvalue weighted by molar-refractivity contribution is -0.143. The topological polar surface area (TPSA) is 58.6 Å². The van der Waals surface area contributed by atoms with Gasteiger partial charge in [0.25, 0.3) is 5.91 Å². The summed E-state index contributed by atoms with van der Waals surface area (Å²) in [7, 11) is 0. The molecule has 1 atom stereocenters. The van der Waals surface area contributed by atoms with Crippen LogP contribution in [0.1, 0.15) is 50.2 Å². The molecule has 0 saturated heterocycles. The normalized spacial score (nSPS) is 14.8. The first-order valence-electron chi connectivity index (χ1n) is 11.1. The molecule has 0 spiro atoms. The maximum Gasteiger partial charge on any atom is 0.261 e. The molecule has 172 valence electrons. The van der Waals surface area contributed by atoms with Crippen molar-refractivity contribution < 1.29 is 14.3 Å². The van der Waals surface area contributed by atoms with Crippen LogP contribution in [-0.2, 0) is 16.1 Å². The quantitative estimate of drug-likeness (QED) is 0.516. The van der Waals surface area contributed by atoms with Gasteiger partial charge in [0.05, 0.1) is 5.02 Å². The molecular weight excluding hydrogens is 447 g/mol. The molecule has 1 aliphatic rings. The van der Waals surface area contributed by atoms with Crippen molar-refractivity contribution >= 4 is 35.0 Å². The van der Waals surface area contributed by atoms with Crippen LogP contribution in [0.25, 0.3) is 0 Å². The molecule has 0 heterocycles. The van der Waals surface area contributed by atoms with Crippen molar-refractivity contribution in [1.29, 1.82) is 0 Å². The highest BCUT2D eigenvalue weighted by Gasteiger charge is 2.31. The van der Waals surface area contributed by atoms with Crippen molar-refractivity contribution in [1.82, 2.24) is 10.2 Å². The molecule has 5 nitrogen and oxygen atoms in total. The molecule has 3 rings (SSSR count). The van der Waals surface area contributed by atoms with Gasteiger partial charge < -0.3 is 15.0 Å². The molecule has 2 aromatic carbocycles. The fraction of sp³-hybridized carbons (Fsp3) is 0.440. The number of carbonyl (C=O) groups is 2. The van der Waals surface area contributed by atoms with E-state index in [1.165, 1.54) is 0 Å². The summed E-state index contributed by atoms with van der Waals surface area (Å²) in [4.78, 5) is 28.1. The van der Waals surface area contributed by atoms with E-state index in [1.54, 1.807) is 23.1 Å². The molecule has 1 aliphatic carbocycles. The van der Waals surface area contributed by atoms with Gasteiger partial charge >= 0.3 is 0 Å². The lowest BCUT2D eigenvalue weighted by atomic mass is 10.1. The Morgan fingerprint density at radius 3 is 2.53 bits per heavy atom. The van der Waals surface area contributed by atoms with Crippen LogP contribution in [-0.4, -0.2) is 35.4 Å². The third-order valence-corrected chi connectivity index (χ3v) is 6.46. The summed E-state index contributed by atoms with van der Waals surface area (Å²) in [5.41, 5.74) is 2.07. The predicted octanol–water partition coefficient (Wildman–Crippen LogP) is 5.55. The molecule has 1 N–H and O–H groups in total. The first-order valence-corrected chi connectivity index (χ1v) is 11.9. The fourth-order valence-electron chi connectivity index (χ4n) is 4.07. The Labute approximate surface area is 200 Å². The van der Waals surface area contributed by atoms with E-state index in [-0.39, 0.29) is 24.5 Å². The third-order valence-electron chi connectivity index (χ3n) is 5.93. The zero-order valence-electron chi connectivity index (χ0n) is 18.6. The van der Waals surface area contributed by atoms with Gasteiger partial charge in [-0.1, -0.05) is 67.2 Å². The molecule has 7 heteroatoms. The number of hydrogen-bond acceptors (Lipinski definition) is 3. The minimum Gasteiger partial charge on any atom is -0.482 e. The van der Waals surface area contributed by atoms with E-state index < -0.39 is 6.04 Å². The molecule has 1 saturated carbocycles. The Kier molecular flexibility index (Phi) is 8.83. The van der Waals surface area contributed by atoms with Crippen LogP contribution in [0.3, 0.4) is 0 Å². The Bertz CT molecular complexity index is 945. The molecule has 0 radical (unpaired) electrons. The lowest BCUT2D eigenvalue weighted by Gasteiger charge is -2.32. The van der Waals surface area contributed by atoms with Gasteiger partial charge in [-0.25, -0.2) is 0 Å². The van der Waals surface area contributed by atoms with Gasteiger partial charge in [-0.15, -0.1) is 0 Å². The van der Waals surface area contributed by atoms with Gasteiger partial charge in [0, 0.05) is 17.6 Å². The van der Waals surface area contributed by atoms with Gasteiger partial charge in [-0.2, -0.15) is 0 Å². The summed E-state index contributed by atoms with van der Waals surface area (Å²) in [6.07, 6.45) is 4.75. The molecular formula is C25H30Cl2N2O3. The summed E-state index contributed by atoms with van der Waals surface area (Å²) in [6, 6.07) is 12.3. The molecule has 0 aliphatic heterocycles. The number of hydrogen-bond donors (Lipinski definition) is 1. The van der Waals surface area contributed by atoms with Crippen molar-refractivity contribution in [3.8, 4) is 5.75 Å². The maximum absolute atomic E-state index is 13.3. The van der Waals surface area contributed by atoms with Crippen molar-refractivity contribution in [3.05, 3.63) is 63.6 Å². The average molecular weight is 477 g/mol. The monoisotopic (exact) mass is 476 g/mol. The van der Waals surface area contributed by atoms with Gasteiger partial charge in [-0.05, 0) is 55.5 Å². The van der Waals surface area contributed by atoms with Crippen LogP contribution < -0.4 is 10.1 Å². The van der Waals surface area contributed by atoms with E-state index >= 15 is 0 Å². The number of halogens is 2. The van der Waals surface area contributed by atoms with Crippen LogP contribution in [0.4, 0.5) is 0 Å². The Morgan fingerprint density at radius 2 is 1.88 bits per heavy atom. The highest BCUT2D eigenvalue weighted by molar-refractivity contribution is 6.35. The third kappa shape index (κ3) is 6.39. The number of nitrogens with zero attached hydrogens (tertiary/aromatic N) is 1. The van der Waals surface area contributed by atoms with Crippen molar-refractivity contribution in [2.75, 3.05) is 6.61 Å². The van der Waals surface area contributed by atoms with E-state index in [2.05, 4.69) is 5.32 Å². The van der Waals surface area contributed by atoms with Gasteiger partial charge in [0.15, 0.2) is 6.61 Å². The molecule has 2 amide bonds. The summed E-state index contributed by atoms with van der Waals surface area (Å²) < 4.78 is 5.70. The second-order valence-electron chi connectivity index (χ2n) is 8.23. The smallest absolute Gasteiger partial charge is 0.261 e. The second kappa shape index (κ2) is 11.6. The highest BCUT2D eigenvalue weighted by atomic mass is 35.5. The number of rotatable bonds is 9. The number of nitrogens with one attached hydrogen (secondary N) is 1. The van der Waals surface area contributed by atoms with E-state index in [0.717, 1.165) is 36.8 Å². The first kappa shape index (κ1) is 24.4. The van der Waals surface area contributed by atoms with E-state index in [0.29, 0.717) is 28.8 Å². The number of ether oxygens (including phenoxy) is 1. The number of carbonyl (C=O) groups excluding carboxylic acids is 2. The van der Waals surface area contributed by atoms with Crippen molar-refractivity contribution in [2.45, 2.75) is 64.6 Å². The molecule has 1 fully saturated rings. The first-order chi connectivity index (χ1) is 15.4. The lowest BCUT2D eigenvalue weighted by Crippen LogP contribution is -2.52. The maximum atomic E-state index is 13.3. The van der Waals surface area contributed by atoms with Gasteiger partial charge in [0.2, 0.25) is 5.91 Å². The number of aryl methyl sites for hydroxylation is 1. The summed E-state index contributed by atoms with van der Waals surface area (Å²) in [5, 5.41) is 3.97.